The molecule has 1 fully saturated rings. The van der Waals surface area contributed by atoms with Crippen LogP contribution < -0.4 is 26.7 Å². The highest BCUT2D eigenvalue weighted by Crippen LogP contribution is 2.58. The van der Waals surface area contributed by atoms with Crippen LogP contribution in [0.25, 0.3) is 11.8 Å². The second-order valence-corrected chi connectivity index (χ2v) is 12.1. The molecule has 2 aromatic carbocycles. The quantitative estimate of drug-likeness (QED) is 0.237. The van der Waals surface area contributed by atoms with Crippen molar-refractivity contribution in [2.45, 2.75) is 36.4 Å². The van der Waals surface area contributed by atoms with Gasteiger partial charge in [0.05, 0.1) is 48.5 Å². The number of carbonyl (C=O) groups excluding carboxylic acids is 3. The predicted molar refractivity (Wildman–Crippen MR) is 166 cm³/mol. The standard InChI is InChI=1S/C33H35N5O8/c1-38(2)27-25(41)22(30(35)44)28(42)32(15-34)29(43)23-24(40)21-18(13-31(23,36)14-33(27,32)37)16(11-12-19(21)39)7-5-8-17-9-6-10-20(45-3)26(17)46-4/h5-7,9-12,27,39-40,42H,8,13-14,36-37H2,1-4H3,(H2,35,44)/b7-5-/t27-,31-,32+,33-/m1/s1. The number of rotatable bonds is 7. The Morgan fingerprint density at radius 2 is 1.83 bits per heavy atom. The summed E-state index contributed by atoms with van der Waals surface area (Å²) >= 11 is 0. The molecule has 0 bridgehead atoms. The van der Waals surface area contributed by atoms with Gasteiger partial charge >= 0.3 is 0 Å². The number of ketones is 2. The maximum atomic E-state index is 14.5. The van der Waals surface area contributed by atoms with Gasteiger partial charge in [0.15, 0.2) is 28.5 Å². The van der Waals surface area contributed by atoms with E-state index in [0.717, 1.165) is 5.56 Å². The average Bonchev–Trinajstić information content (AvgIpc) is 2.97. The van der Waals surface area contributed by atoms with Gasteiger partial charge in [-0.15, -0.1) is 0 Å². The second kappa shape index (κ2) is 11.0. The van der Waals surface area contributed by atoms with Crippen molar-refractivity contribution in [1.29, 1.82) is 5.26 Å². The molecule has 9 N–H and O–H groups in total. The average molecular weight is 630 g/mol. The molecule has 0 heterocycles. The lowest BCUT2D eigenvalue weighted by Gasteiger charge is -2.58. The summed E-state index contributed by atoms with van der Waals surface area (Å²) in [5.41, 5.74) is 12.9. The van der Waals surface area contributed by atoms with Crippen LogP contribution in [-0.2, 0) is 27.2 Å². The number of phenolic OH excluding ortho intramolecular Hbond substituents is 1. The topological polar surface area (TPSA) is 235 Å². The number of aliphatic hydroxyl groups is 2. The molecule has 0 spiro atoms. The van der Waals surface area contributed by atoms with Gasteiger partial charge in [0, 0.05) is 5.56 Å². The fourth-order valence-corrected chi connectivity index (χ4v) is 7.44. The Bertz CT molecular complexity index is 1840. The van der Waals surface area contributed by atoms with Gasteiger partial charge in [-0.25, -0.2) is 0 Å². The third kappa shape index (κ3) is 4.22. The summed E-state index contributed by atoms with van der Waals surface area (Å²) in [6.45, 7) is 0. The van der Waals surface area contributed by atoms with Crippen LogP contribution in [-0.4, -0.2) is 83.1 Å². The Hall–Kier alpha value is -5.16. The Balaban J connectivity index is 1.69. The number of nitrogens with zero attached hydrogens (tertiary/aromatic N) is 2. The van der Waals surface area contributed by atoms with Crippen LogP contribution in [0.2, 0.25) is 0 Å². The zero-order valence-electron chi connectivity index (χ0n) is 25.7. The number of carbonyl (C=O) groups is 3. The van der Waals surface area contributed by atoms with Crippen molar-refractivity contribution in [2.75, 3.05) is 28.3 Å². The van der Waals surface area contributed by atoms with E-state index in [0.29, 0.717) is 29.0 Å². The molecule has 0 saturated heterocycles. The van der Waals surface area contributed by atoms with Gasteiger partial charge < -0.3 is 42.0 Å². The van der Waals surface area contributed by atoms with Gasteiger partial charge in [-0.3, -0.25) is 19.3 Å². The van der Waals surface area contributed by atoms with Crippen molar-refractivity contribution >= 4 is 29.3 Å². The number of aliphatic hydroxyl groups excluding tert-OH is 2. The van der Waals surface area contributed by atoms with Crippen LogP contribution >= 0.6 is 0 Å². The molecule has 0 unspecified atom stereocenters. The second-order valence-electron chi connectivity index (χ2n) is 12.1. The van der Waals surface area contributed by atoms with Crippen LogP contribution in [0.5, 0.6) is 17.2 Å². The molecule has 13 heteroatoms. The third-order valence-electron chi connectivity index (χ3n) is 9.29. The van der Waals surface area contributed by atoms with Crippen LogP contribution in [0.4, 0.5) is 0 Å². The first kappa shape index (κ1) is 32.2. The van der Waals surface area contributed by atoms with E-state index in [4.69, 9.17) is 26.7 Å². The Kier molecular flexibility index (Phi) is 7.73. The van der Waals surface area contributed by atoms with E-state index in [9.17, 15) is 35.0 Å². The Morgan fingerprint density at radius 3 is 2.41 bits per heavy atom. The number of nitrogens with two attached hydrogens (primary N) is 3. The van der Waals surface area contributed by atoms with Crippen molar-refractivity contribution in [3.63, 3.8) is 0 Å². The monoisotopic (exact) mass is 629 g/mol. The van der Waals surface area contributed by atoms with E-state index >= 15 is 0 Å². The van der Waals surface area contributed by atoms with Gasteiger partial charge in [0.25, 0.3) is 5.91 Å². The van der Waals surface area contributed by atoms with Gasteiger partial charge in [0.2, 0.25) is 0 Å². The first-order chi connectivity index (χ1) is 21.6. The molecule has 1 saturated carbocycles. The van der Waals surface area contributed by atoms with Gasteiger partial charge in [-0.05, 0) is 56.6 Å². The molecule has 1 amide bonds. The molecule has 5 rings (SSSR count). The number of likely N-dealkylation sites (N-methyl/N-ethyl adjacent to an activating group) is 1. The Labute approximate surface area is 264 Å². The van der Waals surface area contributed by atoms with E-state index < -0.39 is 69.1 Å². The van der Waals surface area contributed by atoms with Gasteiger partial charge in [-0.1, -0.05) is 30.4 Å². The van der Waals surface area contributed by atoms with E-state index in [1.54, 1.807) is 24.3 Å². The van der Waals surface area contributed by atoms with E-state index in [1.807, 2.05) is 18.2 Å². The number of amides is 1. The number of hydrogen-bond acceptors (Lipinski definition) is 12. The molecule has 3 aliphatic rings. The molecular formula is C33H35N5O8. The highest BCUT2D eigenvalue weighted by Gasteiger charge is 2.74. The summed E-state index contributed by atoms with van der Waals surface area (Å²) in [7, 11) is 6.00. The number of fused-ring (bicyclic) bond motifs is 3. The number of allylic oxidation sites excluding steroid dienone is 1. The molecular weight excluding hydrogens is 594 g/mol. The van der Waals surface area contributed by atoms with E-state index in [2.05, 4.69) is 0 Å². The molecule has 0 aliphatic heterocycles. The lowest BCUT2D eigenvalue weighted by atomic mass is 9.47. The maximum Gasteiger partial charge on any atom is 0.255 e. The smallest absolute Gasteiger partial charge is 0.255 e. The Morgan fingerprint density at radius 1 is 1.13 bits per heavy atom. The van der Waals surface area contributed by atoms with Crippen LogP contribution in [0.1, 0.15) is 28.7 Å². The number of methoxy groups -OCH3 is 2. The third-order valence-corrected chi connectivity index (χ3v) is 9.29. The fraction of sp³-hybridized carbons (Fsp3) is 0.333. The summed E-state index contributed by atoms with van der Waals surface area (Å²) in [5.74, 6) is -4.65. The lowest BCUT2D eigenvalue weighted by molar-refractivity contribution is -0.139. The number of ether oxygens (including phenoxy) is 2. The summed E-state index contributed by atoms with van der Waals surface area (Å²) < 4.78 is 10.9. The highest BCUT2D eigenvalue weighted by molar-refractivity contribution is 6.25. The van der Waals surface area contributed by atoms with Crippen molar-refractivity contribution in [2.24, 2.45) is 22.6 Å². The normalized spacial score (nSPS) is 27.3. The minimum Gasteiger partial charge on any atom is -0.509 e. The number of Topliss-reactive ketones (excluding diaryl/α,β-unsaturated/α-hetero) is 2. The van der Waals surface area contributed by atoms with Gasteiger partial charge in [0.1, 0.15) is 22.8 Å². The predicted octanol–water partition coefficient (Wildman–Crippen LogP) is 1.18. The molecule has 0 aromatic heterocycles. The summed E-state index contributed by atoms with van der Waals surface area (Å²) in [6.07, 6.45) is 3.43. The molecule has 0 radical (unpaired) electrons. The zero-order valence-corrected chi connectivity index (χ0v) is 25.7. The fourth-order valence-electron chi connectivity index (χ4n) is 7.44. The molecule has 240 valence electrons. The number of aromatic hydroxyl groups is 1. The first-order valence-corrected chi connectivity index (χ1v) is 14.3. The van der Waals surface area contributed by atoms with Crippen LogP contribution in [0.15, 0.2) is 53.3 Å². The van der Waals surface area contributed by atoms with Crippen molar-refractivity contribution in [3.05, 3.63) is 75.6 Å². The number of nitriles is 1. The highest BCUT2D eigenvalue weighted by atomic mass is 16.5. The number of hydrogen-bond donors (Lipinski definition) is 6. The summed E-state index contributed by atoms with van der Waals surface area (Å²) in [6, 6.07) is 8.73. The summed E-state index contributed by atoms with van der Waals surface area (Å²) in [4.78, 5) is 41.7. The molecule has 13 nitrogen and oxygen atoms in total. The number of phenols is 1. The van der Waals surface area contributed by atoms with E-state index in [-0.39, 0.29) is 17.7 Å². The van der Waals surface area contributed by atoms with Gasteiger partial charge in [-0.2, -0.15) is 5.26 Å². The molecule has 2 aromatic rings. The van der Waals surface area contributed by atoms with Crippen molar-refractivity contribution in [3.8, 4) is 23.3 Å². The lowest BCUT2D eigenvalue weighted by Crippen LogP contribution is -2.80. The molecule has 4 atom stereocenters. The number of primary amides is 1. The zero-order chi connectivity index (χ0) is 33.9. The first-order valence-electron chi connectivity index (χ1n) is 14.3. The van der Waals surface area contributed by atoms with Crippen LogP contribution in [0, 0.1) is 16.7 Å². The van der Waals surface area contributed by atoms with Crippen molar-refractivity contribution < 1.29 is 39.2 Å². The maximum absolute atomic E-state index is 14.5. The molecule has 3 aliphatic carbocycles. The number of benzene rings is 2. The summed E-state index contributed by atoms with van der Waals surface area (Å²) in [5, 5.41) is 44.4. The van der Waals surface area contributed by atoms with Crippen LogP contribution in [0.3, 0.4) is 0 Å². The molecule has 46 heavy (non-hydrogen) atoms. The largest absolute Gasteiger partial charge is 0.509 e. The van der Waals surface area contributed by atoms with E-state index in [1.165, 1.54) is 39.3 Å². The minimum atomic E-state index is -2.72. The minimum absolute atomic E-state index is 0.0854. The number of para-hydroxylation sites is 1. The SMILES string of the molecule is COc1cccc(C/C=C\c2ccc(O)c3c2C[C@@]2(N)C[C@@]4(N)[C@H](N(C)C)C(=O)C(C(N)=O)=C(O)[C@@]4(C#N)C(=O)C2=C3O)c1OC. The van der Waals surface area contributed by atoms with Crippen molar-refractivity contribution in [1.82, 2.24) is 4.90 Å².